The summed E-state index contributed by atoms with van der Waals surface area (Å²) in [6.45, 7) is 1.46. The minimum Gasteiger partial charge on any atom is -0.497 e. The lowest BCUT2D eigenvalue weighted by Crippen LogP contribution is -2.28. The number of aromatic nitrogens is 2. The van der Waals surface area contributed by atoms with E-state index in [9.17, 15) is 9.59 Å². The van der Waals surface area contributed by atoms with E-state index < -0.39 is 0 Å². The number of rotatable bonds is 8. The SMILES string of the molecule is COc1ccc2c(c1)ncn2CCCCN(C)C(=O)c1ccccc1C=O. The zero-order valence-corrected chi connectivity index (χ0v) is 15.6. The molecular weight excluding hydrogens is 342 g/mol. The second kappa shape index (κ2) is 8.49. The number of unbranched alkanes of at least 4 members (excludes halogenated alkanes) is 1. The van der Waals surface area contributed by atoms with Gasteiger partial charge in [-0.15, -0.1) is 0 Å². The molecule has 1 aromatic heterocycles. The third-order valence-electron chi connectivity index (χ3n) is 4.64. The summed E-state index contributed by atoms with van der Waals surface area (Å²) >= 11 is 0. The average Bonchev–Trinajstić information content (AvgIpc) is 3.12. The first-order valence-electron chi connectivity index (χ1n) is 8.92. The van der Waals surface area contributed by atoms with E-state index in [1.165, 1.54) is 0 Å². The zero-order chi connectivity index (χ0) is 19.2. The Morgan fingerprint density at radius 1 is 1.22 bits per heavy atom. The number of aldehydes is 1. The molecule has 3 rings (SSSR count). The number of nitrogens with zero attached hydrogens (tertiary/aromatic N) is 3. The van der Waals surface area contributed by atoms with Crippen molar-refractivity contribution < 1.29 is 14.3 Å². The first-order valence-corrected chi connectivity index (χ1v) is 8.92. The minimum atomic E-state index is -0.127. The molecule has 0 fully saturated rings. The number of ether oxygens (including phenoxy) is 1. The van der Waals surface area contributed by atoms with Crippen molar-refractivity contribution in [3.63, 3.8) is 0 Å². The van der Waals surface area contributed by atoms with Crippen molar-refractivity contribution in [2.45, 2.75) is 19.4 Å². The van der Waals surface area contributed by atoms with E-state index in [-0.39, 0.29) is 5.91 Å². The van der Waals surface area contributed by atoms with Crippen LogP contribution in [0.5, 0.6) is 5.75 Å². The maximum Gasteiger partial charge on any atom is 0.254 e. The molecule has 27 heavy (non-hydrogen) atoms. The molecule has 0 saturated heterocycles. The van der Waals surface area contributed by atoms with E-state index in [2.05, 4.69) is 9.55 Å². The molecule has 1 heterocycles. The summed E-state index contributed by atoms with van der Waals surface area (Å²) in [5.74, 6) is 0.668. The van der Waals surface area contributed by atoms with E-state index in [1.54, 1.807) is 43.3 Å². The monoisotopic (exact) mass is 365 g/mol. The van der Waals surface area contributed by atoms with Gasteiger partial charge >= 0.3 is 0 Å². The number of carbonyl (C=O) groups is 2. The largest absolute Gasteiger partial charge is 0.497 e. The van der Waals surface area contributed by atoms with Crippen molar-refractivity contribution in [1.29, 1.82) is 0 Å². The number of amides is 1. The van der Waals surface area contributed by atoms with Gasteiger partial charge in [-0.1, -0.05) is 18.2 Å². The van der Waals surface area contributed by atoms with Gasteiger partial charge in [0.05, 0.1) is 30.0 Å². The molecule has 0 unspecified atom stereocenters. The summed E-state index contributed by atoms with van der Waals surface area (Å²) in [7, 11) is 3.41. The topological polar surface area (TPSA) is 64.4 Å². The van der Waals surface area contributed by atoms with Crippen molar-refractivity contribution in [3.05, 3.63) is 59.9 Å². The fourth-order valence-corrected chi connectivity index (χ4v) is 3.08. The van der Waals surface area contributed by atoms with Crippen LogP contribution in [-0.2, 0) is 6.54 Å². The number of hydrogen-bond acceptors (Lipinski definition) is 4. The van der Waals surface area contributed by atoms with Crippen LogP contribution >= 0.6 is 0 Å². The molecule has 3 aromatic rings. The molecular formula is C21H23N3O3. The van der Waals surface area contributed by atoms with Crippen LogP contribution in [0, 0.1) is 0 Å². The molecule has 0 atom stereocenters. The van der Waals surface area contributed by atoms with Crippen LogP contribution in [0.3, 0.4) is 0 Å². The predicted molar refractivity (Wildman–Crippen MR) is 104 cm³/mol. The Morgan fingerprint density at radius 2 is 2.04 bits per heavy atom. The van der Waals surface area contributed by atoms with Crippen molar-refractivity contribution in [1.82, 2.24) is 14.5 Å². The molecule has 0 aliphatic carbocycles. The molecule has 0 bridgehead atoms. The number of aryl methyl sites for hydroxylation is 1. The maximum absolute atomic E-state index is 12.5. The average molecular weight is 365 g/mol. The Morgan fingerprint density at radius 3 is 2.81 bits per heavy atom. The van der Waals surface area contributed by atoms with Gasteiger partial charge < -0.3 is 14.2 Å². The highest BCUT2D eigenvalue weighted by Crippen LogP contribution is 2.20. The molecule has 140 valence electrons. The van der Waals surface area contributed by atoms with Crippen LogP contribution < -0.4 is 4.74 Å². The number of fused-ring (bicyclic) bond motifs is 1. The van der Waals surface area contributed by atoms with Gasteiger partial charge in [-0.25, -0.2) is 4.98 Å². The Bertz CT molecular complexity index is 949. The second-order valence-corrected chi connectivity index (χ2v) is 6.43. The van der Waals surface area contributed by atoms with Gasteiger partial charge in [0.25, 0.3) is 5.91 Å². The molecule has 0 radical (unpaired) electrons. The normalized spacial score (nSPS) is 10.7. The highest BCUT2D eigenvalue weighted by atomic mass is 16.5. The smallest absolute Gasteiger partial charge is 0.254 e. The van der Waals surface area contributed by atoms with Crippen LogP contribution in [0.4, 0.5) is 0 Å². The quantitative estimate of drug-likeness (QED) is 0.453. The molecule has 0 saturated carbocycles. The summed E-state index contributed by atoms with van der Waals surface area (Å²) in [6, 6.07) is 12.7. The lowest BCUT2D eigenvalue weighted by molar-refractivity contribution is 0.0789. The minimum absolute atomic E-state index is 0.127. The van der Waals surface area contributed by atoms with Gasteiger partial charge in [-0.2, -0.15) is 0 Å². The van der Waals surface area contributed by atoms with Crippen molar-refractivity contribution in [3.8, 4) is 5.75 Å². The van der Waals surface area contributed by atoms with Gasteiger partial charge in [-0.3, -0.25) is 9.59 Å². The summed E-state index contributed by atoms with van der Waals surface area (Å²) in [6.07, 6.45) is 4.34. The van der Waals surface area contributed by atoms with Crippen molar-refractivity contribution in [2.24, 2.45) is 0 Å². The Hall–Kier alpha value is -3.15. The second-order valence-electron chi connectivity index (χ2n) is 6.43. The highest BCUT2D eigenvalue weighted by Gasteiger charge is 2.14. The van der Waals surface area contributed by atoms with Crippen LogP contribution in [0.2, 0.25) is 0 Å². The third kappa shape index (κ3) is 4.16. The number of methoxy groups -OCH3 is 1. The Kier molecular flexibility index (Phi) is 5.86. The zero-order valence-electron chi connectivity index (χ0n) is 15.6. The summed E-state index contributed by atoms with van der Waals surface area (Å²) in [4.78, 5) is 29.7. The van der Waals surface area contributed by atoms with Crippen molar-refractivity contribution >= 4 is 23.2 Å². The predicted octanol–water partition coefficient (Wildman–Crippen LogP) is 3.41. The standard InChI is InChI=1S/C21H23N3O3/c1-23(21(26)18-8-4-3-7-16(18)14-25)11-5-6-12-24-15-22-19-13-17(27-2)9-10-20(19)24/h3-4,7-10,13-15H,5-6,11-12H2,1-2H3. The van der Waals surface area contributed by atoms with E-state index in [4.69, 9.17) is 4.74 Å². The fraction of sp³-hybridized carbons (Fsp3) is 0.286. The molecule has 0 aliphatic rings. The first kappa shape index (κ1) is 18.6. The van der Waals surface area contributed by atoms with Crippen LogP contribution in [0.25, 0.3) is 11.0 Å². The molecule has 0 N–H and O–H groups in total. The van der Waals surface area contributed by atoms with E-state index in [0.717, 1.165) is 42.5 Å². The third-order valence-corrected chi connectivity index (χ3v) is 4.64. The van der Waals surface area contributed by atoms with Gasteiger partial charge in [-0.05, 0) is 31.0 Å². The molecule has 6 heteroatoms. The van der Waals surface area contributed by atoms with Crippen LogP contribution in [0.15, 0.2) is 48.8 Å². The van der Waals surface area contributed by atoms with Crippen LogP contribution in [0.1, 0.15) is 33.6 Å². The molecule has 0 spiro atoms. The summed E-state index contributed by atoms with van der Waals surface area (Å²) in [5.41, 5.74) is 2.85. The van der Waals surface area contributed by atoms with Crippen LogP contribution in [-0.4, -0.2) is 47.3 Å². The number of imidazole rings is 1. The molecule has 1 amide bonds. The summed E-state index contributed by atoms with van der Waals surface area (Å²) in [5, 5.41) is 0. The fourth-order valence-electron chi connectivity index (χ4n) is 3.08. The number of benzene rings is 2. The van der Waals surface area contributed by atoms with Gasteiger partial charge in [0, 0.05) is 31.8 Å². The first-order chi connectivity index (χ1) is 13.1. The number of carbonyl (C=O) groups excluding carboxylic acids is 2. The van der Waals surface area contributed by atoms with E-state index >= 15 is 0 Å². The molecule has 2 aromatic carbocycles. The summed E-state index contributed by atoms with van der Waals surface area (Å²) < 4.78 is 7.33. The molecule has 0 aliphatic heterocycles. The van der Waals surface area contributed by atoms with E-state index in [1.807, 2.05) is 24.5 Å². The molecule has 6 nitrogen and oxygen atoms in total. The van der Waals surface area contributed by atoms with E-state index in [0.29, 0.717) is 17.7 Å². The highest BCUT2D eigenvalue weighted by molar-refractivity contribution is 6.01. The Balaban J connectivity index is 1.54. The van der Waals surface area contributed by atoms with Gasteiger partial charge in [0.2, 0.25) is 0 Å². The Labute approximate surface area is 158 Å². The lowest BCUT2D eigenvalue weighted by atomic mass is 10.1. The van der Waals surface area contributed by atoms with Gasteiger partial charge in [0.15, 0.2) is 6.29 Å². The maximum atomic E-state index is 12.5. The van der Waals surface area contributed by atoms with Gasteiger partial charge in [0.1, 0.15) is 5.75 Å². The lowest BCUT2D eigenvalue weighted by Gasteiger charge is -2.18. The number of hydrogen-bond donors (Lipinski definition) is 0. The van der Waals surface area contributed by atoms with Crippen molar-refractivity contribution in [2.75, 3.05) is 20.7 Å².